The monoisotopic (exact) mass is 266 g/mol. The number of fused-ring (bicyclic) bond motifs is 2. The van der Waals surface area contributed by atoms with Crippen molar-refractivity contribution in [2.75, 3.05) is 4.90 Å². The van der Waals surface area contributed by atoms with Crippen molar-refractivity contribution >= 4 is 17.5 Å². The van der Waals surface area contributed by atoms with Gasteiger partial charge in [-0.3, -0.25) is 9.69 Å². The molecule has 0 bridgehead atoms. The molecule has 4 nitrogen and oxygen atoms in total. The SMILES string of the molecule is NC(=O)N1C2=CCC=CC=C2C(=O)Cc2ccccc21. The number of nitrogens with zero attached hydrogens (tertiary/aromatic N) is 1. The molecule has 0 spiro atoms. The Morgan fingerprint density at radius 2 is 2.05 bits per heavy atom. The van der Waals surface area contributed by atoms with Crippen molar-refractivity contribution in [3.05, 3.63) is 65.4 Å². The first-order valence-corrected chi connectivity index (χ1v) is 6.46. The van der Waals surface area contributed by atoms with Crippen molar-refractivity contribution in [2.45, 2.75) is 12.8 Å². The van der Waals surface area contributed by atoms with Crippen LogP contribution in [0.3, 0.4) is 0 Å². The normalized spacial score (nSPS) is 17.4. The predicted molar refractivity (Wildman–Crippen MR) is 77.1 cm³/mol. The van der Waals surface area contributed by atoms with Gasteiger partial charge in [0.2, 0.25) is 0 Å². The number of allylic oxidation sites excluding steroid dienone is 5. The quantitative estimate of drug-likeness (QED) is 0.784. The molecule has 0 unspecified atom stereocenters. The zero-order valence-corrected chi connectivity index (χ0v) is 10.9. The van der Waals surface area contributed by atoms with Crippen LogP contribution in [0.4, 0.5) is 10.5 Å². The molecule has 0 radical (unpaired) electrons. The van der Waals surface area contributed by atoms with Crippen LogP contribution in [0.1, 0.15) is 12.0 Å². The minimum atomic E-state index is -0.578. The summed E-state index contributed by atoms with van der Waals surface area (Å²) in [7, 11) is 0. The molecule has 2 aliphatic rings. The highest BCUT2D eigenvalue weighted by Gasteiger charge is 2.30. The summed E-state index contributed by atoms with van der Waals surface area (Å²) < 4.78 is 0. The van der Waals surface area contributed by atoms with Gasteiger partial charge in [-0.15, -0.1) is 0 Å². The van der Waals surface area contributed by atoms with Gasteiger partial charge in [0, 0.05) is 12.0 Å². The van der Waals surface area contributed by atoms with E-state index in [2.05, 4.69) is 0 Å². The third-order valence-corrected chi connectivity index (χ3v) is 3.47. The lowest BCUT2D eigenvalue weighted by molar-refractivity contribution is -0.114. The molecular formula is C16H14N2O2. The average Bonchev–Trinajstić information content (AvgIpc) is 2.71. The van der Waals surface area contributed by atoms with Crippen LogP contribution in [0, 0.1) is 0 Å². The number of primary amides is 1. The number of carbonyl (C=O) groups is 2. The van der Waals surface area contributed by atoms with E-state index in [1.807, 2.05) is 42.5 Å². The van der Waals surface area contributed by atoms with Gasteiger partial charge in [0.05, 0.1) is 11.4 Å². The molecule has 0 saturated carbocycles. The summed E-state index contributed by atoms with van der Waals surface area (Å²) in [5, 5.41) is 0. The molecule has 2 amide bonds. The largest absolute Gasteiger partial charge is 0.351 e. The van der Waals surface area contributed by atoms with E-state index in [0.29, 0.717) is 23.4 Å². The Kier molecular flexibility index (Phi) is 2.99. The number of Topliss-reactive ketones (excluding diaryl/α,β-unsaturated/α-hetero) is 1. The summed E-state index contributed by atoms with van der Waals surface area (Å²) in [5.74, 6) is -0.000926. The van der Waals surface area contributed by atoms with Gasteiger partial charge in [-0.2, -0.15) is 0 Å². The minimum absolute atomic E-state index is 0.000926. The Hall–Kier alpha value is -2.62. The summed E-state index contributed by atoms with van der Waals surface area (Å²) in [6.07, 6.45) is 8.33. The van der Waals surface area contributed by atoms with Crippen molar-refractivity contribution in [3.63, 3.8) is 0 Å². The lowest BCUT2D eigenvalue weighted by atomic mass is 10.0. The first-order valence-electron chi connectivity index (χ1n) is 6.46. The highest BCUT2D eigenvalue weighted by atomic mass is 16.2. The molecule has 1 heterocycles. The maximum atomic E-state index is 12.4. The first-order chi connectivity index (χ1) is 9.68. The highest BCUT2D eigenvalue weighted by Crippen LogP contribution is 2.33. The van der Waals surface area contributed by atoms with Crippen LogP contribution in [0.5, 0.6) is 0 Å². The fourth-order valence-corrected chi connectivity index (χ4v) is 2.58. The van der Waals surface area contributed by atoms with Gasteiger partial charge < -0.3 is 5.73 Å². The Balaban J connectivity index is 2.25. The highest BCUT2D eigenvalue weighted by molar-refractivity contribution is 6.09. The van der Waals surface area contributed by atoms with Crippen LogP contribution in [0.25, 0.3) is 0 Å². The summed E-state index contributed by atoms with van der Waals surface area (Å²) in [4.78, 5) is 25.7. The lowest BCUT2D eigenvalue weighted by Crippen LogP contribution is -2.36. The maximum Gasteiger partial charge on any atom is 0.323 e. The van der Waals surface area contributed by atoms with Gasteiger partial charge in [0.25, 0.3) is 0 Å². The van der Waals surface area contributed by atoms with E-state index in [0.717, 1.165) is 5.56 Å². The molecule has 1 aliphatic heterocycles. The molecular weight excluding hydrogens is 252 g/mol. The molecule has 1 aromatic carbocycles. The number of urea groups is 1. The second-order valence-corrected chi connectivity index (χ2v) is 4.74. The zero-order chi connectivity index (χ0) is 14.1. The van der Waals surface area contributed by atoms with E-state index in [1.54, 1.807) is 6.08 Å². The molecule has 1 aliphatic carbocycles. The summed E-state index contributed by atoms with van der Waals surface area (Å²) >= 11 is 0. The molecule has 0 aromatic heterocycles. The Morgan fingerprint density at radius 3 is 2.85 bits per heavy atom. The van der Waals surface area contributed by atoms with E-state index in [9.17, 15) is 9.59 Å². The fourth-order valence-electron chi connectivity index (χ4n) is 2.58. The van der Waals surface area contributed by atoms with Crippen LogP contribution in [0.2, 0.25) is 0 Å². The minimum Gasteiger partial charge on any atom is -0.351 e. The molecule has 0 atom stereocenters. The second-order valence-electron chi connectivity index (χ2n) is 4.74. The average molecular weight is 266 g/mol. The van der Waals surface area contributed by atoms with Crippen molar-refractivity contribution in [2.24, 2.45) is 5.73 Å². The Morgan fingerprint density at radius 1 is 1.25 bits per heavy atom. The van der Waals surface area contributed by atoms with E-state index < -0.39 is 6.03 Å². The number of anilines is 1. The van der Waals surface area contributed by atoms with Crippen LogP contribution in [-0.4, -0.2) is 11.8 Å². The third-order valence-electron chi connectivity index (χ3n) is 3.47. The molecule has 0 saturated heterocycles. The molecule has 3 rings (SSSR count). The van der Waals surface area contributed by atoms with Crippen LogP contribution in [0.15, 0.2) is 59.8 Å². The fraction of sp³-hybridized carbons (Fsp3) is 0.125. The molecule has 1 aromatic rings. The van der Waals surface area contributed by atoms with Gasteiger partial charge in [-0.25, -0.2) is 4.79 Å². The number of carbonyl (C=O) groups excluding carboxylic acids is 2. The molecule has 20 heavy (non-hydrogen) atoms. The molecule has 100 valence electrons. The van der Waals surface area contributed by atoms with Crippen molar-refractivity contribution in [1.82, 2.24) is 0 Å². The number of ketones is 1. The topological polar surface area (TPSA) is 63.4 Å². The zero-order valence-electron chi connectivity index (χ0n) is 10.9. The number of nitrogens with two attached hydrogens (primary N) is 1. The van der Waals surface area contributed by atoms with E-state index in [1.165, 1.54) is 4.90 Å². The summed E-state index contributed by atoms with van der Waals surface area (Å²) in [6, 6.07) is 6.78. The third kappa shape index (κ3) is 1.95. The van der Waals surface area contributed by atoms with E-state index >= 15 is 0 Å². The van der Waals surface area contributed by atoms with Gasteiger partial charge in [-0.1, -0.05) is 36.4 Å². The number of hydrogen-bond acceptors (Lipinski definition) is 2. The van der Waals surface area contributed by atoms with Crippen molar-refractivity contribution in [1.29, 1.82) is 0 Å². The Bertz CT molecular complexity index is 683. The van der Waals surface area contributed by atoms with E-state index in [4.69, 9.17) is 5.73 Å². The van der Waals surface area contributed by atoms with Crippen LogP contribution in [-0.2, 0) is 11.2 Å². The summed E-state index contributed by atoms with van der Waals surface area (Å²) in [5.41, 5.74) is 8.16. The van der Waals surface area contributed by atoms with Crippen LogP contribution >= 0.6 is 0 Å². The number of benzene rings is 1. The maximum absolute atomic E-state index is 12.4. The number of hydrogen-bond donors (Lipinski definition) is 1. The van der Waals surface area contributed by atoms with Crippen molar-refractivity contribution < 1.29 is 9.59 Å². The van der Waals surface area contributed by atoms with Crippen LogP contribution < -0.4 is 10.6 Å². The van der Waals surface area contributed by atoms with Gasteiger partial charge in [-0.05, 0) is 24.1 Å². The number of para-hydroxylation sites is 1. The second kappa shape index (κ2) is 4.81. The molecule has 4 heteroatoms. The van der Waals surface area contributed by atoms with Gasteiger partial charge >= 0.3 is 6.03 Å². The number of rotatable bonds is 0. The smallest absolute Gasteiger partial charge is 0.323 e. The predicted octanol–water partition coefficient (Wildman–Crippen LogP) is 2.47. The van der Waals surface area contributed by atoms with Gasteiger partial charge in [0.1, 0.15) is 0 Å². The lowest BCUT2D eigenvalue weighted by Gasteiger charge is -2.23. The molecule has 2 N–H and O–H groups in total. The molecule has 0 fully saturated rings. The van der Waals surface area contributed by atoms with E-state index in [-0.39, 0.29) is 12.2 Å². The van der Waals surface area contributed by atoms with Gasteiger partial charge in [0.15, 0.2) is 5.78 Å². The van der Waals surface area contributed by atoms with Crippen molar-refractivity contribution in [3.8, 4) is 0 Å². The first kappa shape index (κ1) is 12.4. The Labute approximate surface area is 116 Å². The standard InChI is InChI=1S/C16H14N2O2/c17-16(20)18-13-8-5-4-6-11(13)10-15(19)12-7-2-1-3-9-14(12)18/h1-2,4-9H,3,10H2,(H2,17,20). The summed E-state index contributed by atoms with van der Waals surface area (Å²) in [6.45, 7) is 0. The number of amides is 2.